The van der Waals surface area contributed by atoms with Crippen molar-refractivity contribution < 1.29 is 13.3 Å². The van der Waals surface area contributed by atoms with Crippen molar-refractivity contribution in [3.8, 4) is 0 Å². The van der Waals surface area contributed by atoms with Crippen LogP contribution in [-0.2, 0) is 10.0 Å². The number of hydrogen-bond acceptors (Lipinski definition) is 5. The Labute approximate surface area is 137 Å². The van der Waals surface area contributed by atoms with Gasteiger partial charge in [-0.25, -0.2) is 8.42 Å². The first-order chi connectivity index (χ1) is 11.3. The zero-order valence-corrected chi connectivity index (χ0v) is 13.7. The normalized spacial score (nSPS) is 11.6. The molecule has 0 aliphatic rings. The van der Waals surface area contributed by atoms with Gasteiger partial charge in [-0.3, -0.25) is 19.9 Å². The van der Waals surface area contributed by atoms with Gasteiger partial charge in [0.25, 0.3) is 15.7 Å². The summed E-state index contributed by atoms with van der Waals surface area (Å²) in [5.41, 5.74) is 1.60. The molecular weight excluding hydrogens is 332 g/mol. The number of sulfonamides is 1. The Morgan fingerprint density at radius 2 is 2.00 bits per heavy atom. The molecule has 0 saturated heterocycles. The first kappa shape index (κ1) is 15.9. The molecule has 0 unspecified atom stereocenters. The van der Waals surface area contributed by atoms with Crippen molar-refractivity contribution in [2.75, 3.05) is 4.72 Å². The van der Waals surface area contributed by atoms with Gasteiger partial charge in [-0.15, -0.1) is 0 Å². The Morgan fingerprint density at radius 1 is 1.25 bits per heavy atom. The summed E-state index contributed by atoms with van der Waals surface area (Å²) in [6, 6.07) is 7.50. The Morgan fingerprint density at radius 3 is 2.71 bits per heavy atom. The number of non-ortho nitro benzene ring substituents is 1. The van der Waals surface area contributed by atoms with Crippen LogP contribution in [-0.4, -0.2) is 23.5 Å². The van der Waals surface area contributed by atoms with Crippen molar-refractivity contribution in [3.63, 3.8) is 0 Å². The van der Waals surface area contributed by atoms with E-state index in [1.165, 1.54) is 6.07 Å². The number of H-pyrrole nitrogens is 1. The molecule has 0 saturated carbocycles. The molecule has 9 heteroatoms. The smallest absolute Gasteiger partial charge is 0.271 e. The molecule has 0 radical (unpaired) electrons. The summed E-state index contributed by atoms with van der Waals surface area (Å²) in [7, 11) is -3.99. The number of aromatic nitrogens is 2. The molecular formula is C15H14N4O4S. The molecule has 124 valence electrons. The lowest BCUT2D eigenvalue weighted by Gasteiger charge is -2.12. The van der Waals surface area contributed by atoms with Gasteiger partial charge in [0.1, 0.15) is 0 Å². The topological polar surface area (TPSA) is 118 Å². The molecule has 3 aromatic rings. The molecule has 0 fully saturated rings. The van der Waals surface area contributed by atoms with Crippen LogP contribution in [0.2, 0.25) is 0 Å². The summed E-state index contributed by atoms with van der Waals surface area (Å²) in [5.74, 6) is 0. The summed E-state index contributed by atoms with van der Waals surface area (Å²) < 4.78 is 28.0. The van der Waals surface area contributed by atoms with Gasteiger partial charge in [-0.2, -0.15) is 5.10 Å². The third-order valence-electron chi connectivity index (χ3n) is 3.83. The number of nitro groups is 1. The van der Waals surface area contributed by atoms with Crippen LogP contribution >= 0.6 is 0 Å². The third kappa shape index (κ3) is 2.69. The number of aromatic amines is 1. The highest BCUT2D eigenvalue weighted by Crippen LogP contribution is 2.28. The minimum atomic E-state index is -3.99. The molecule has 0 bridgehead atoms. The molecule has 1 aromatic heterocycles. The minimum absolute atomic E-state index is 0.120. The number of nitrogens with one attached hydrogen (secondary N) is 2. The van der Waals surface area contributed by atoms with Crippen molar-refractivity contribution >= 4 is 32.3 Å². The summed E-state index contributed by atoms with van der Waals surface area (Å²) in [5, 5.41) is 18.4. The lowest BCUT2D eigenvalue weighted by atomic mass is 10.1. The van der Waals surface area contributed by atoms with Crippen molar-refractivity contribution in [2.24, 2.45) is 0 Å². The van der Waals surface area contributed by atoms with Crippen LogP contribution in [0.1, 0.15) is 11.1 Å². The highest BCUT2D eigenvalue weighted by atomic mass is 32.2. The lowest BCUT2D eigenvalue weighted by molar-refractivity contribution is -0.385. The van der Waals surface area contributed by atoms with Gasteiger partial charge < -0.3 is 0 Å². The van der Waals surface area contributed by atoms with Crippen molar-refractivity contribution in [1.29, 1.82) is 0 Å². The molecule has 2 aromatic carbocycles. The van der Waals surface area contributed by atoms with Crippen LogP contribution in [0.3, 0.4) is 0 Å². The Balaban J connectivity index is 2.12. The van der Waals surface area contributed by atoms with E-state index in [-0.39, 0.29) is 10.6 Å². The molecule has 0 aliphatic heterocycles. The number of nitro benzene ring substituents is 1. The fraction of sp³-hybridized carbons (Fsp3) is 0.133. The maximum absolute atomic E-state index is 12.7. The van der Waals surface area contributed by atoms with E-state index in [0.29, 0.717) is 22.3 Å². The molecule has 0 atom stereocenters. The SMILES string of the molecule is Cc1cc([N+](=O)[O-])cc(S(=O)(=O)Nc2cccc3cn[nH]c23)c1C. The molecule has 24 heavy (non-hydrogen) atoms. The third-order valence-corrected chi connectivity index (χ3v) is 5.32. The molecule has 3 rings (SSSR count). The molecule has 8 nitrogen and oxygen atoms in total. The minimum Gasteiger partial charge on any atom is -0.277 e. The molecule has 1 heterocycles. The number of benzene rings is 2. The van der Waals surface area contributed by atoms with E-state index >= 15 is 0 Å². The predicted molar refractivity (Wildman–Crippen MR) is 89.5 cm³/mol. The zero-order chi connectivity index (χ0) is 17.5. The first-order valence-electron chi connectivity index (χ1n) is 7.00. The van der Waals surface area contributed by atoms with Gasteiger partial charge in [-0.1, -0.05) is 12.1 Å². The molecule has 0 aliphatic carbocycles. The standard InChI is InChI=1S/C15H14N4O4S/c1-9-6-12(19(20)21)7-14(10(9)2)24(22,23)18-13-5-3-4-11-8-16-17-15(11)13/h3-8,18H,1-2H3,(H,16,17). The van der Waals surface area contributed by atoms with Gasteiger partial charge >= 0.3 is 0 Å². The van der Waals surface area contributed by atoms with Crippen molar-refractivity contribution in [1.82, 2.24) is 10.2 Å². The first-order valence-corrected chi connectivity index (χ1v) is 8.48. The molecule has 0 amide bonds. The monoisotopic (exact) mass is 346 g/mol. The fourth-order valence-electron chi connectivity index (χ4n) is 2.45. The van der Waals surface area contributed by atoms with E-state index in [9.17, 15) is 18.5 Å². The molecule has 0 spiro atoms. The van der Waals surface area contributed by atoms with Gasteiger partial charge in [0.15, 0.2) is 0 Å². The molecule has 2 N–H and O–H groups in total. The quantitative estimate of drug-likeness (QED) is 0.556. The van der Waals surface area contributed by atoms with Gasteiger partial charge in [-0.05, 0) is 31.0 Å². The highest BCUT2D eigenvalue weighted by molar-refractivity contribution is 7.92. The van der Waals surface area contributed by atoms with Crippen LogP contribution < -0.4 is 4.72 Å². The fourth-order valence-corrected chi connectivity index (χ4v) is 3.86. The summed E-state index contributed by atoms with van der Waals surface area (Å²) >= 11 is 0. The average Bonchev–Trinajstić information content (AvgIpc) is 2.98. The van der Waals surface area contributed by atoms with Crippen LogP contribution in [0.25, 0.3) is 10.9 Å². The largest absolute Gasteiger partial charge is 0.277 e. The number of rotatable bonds is 4. The Hall–Kier alpha value is -2.94. The Bertz CT molecular complexity index is 1060. The average molecular weight is 346 g/mol. The van der Waals surface area contributed by atoms with E-state index in [1.807, 2.05) is 0 Å². The second-order valence-corrected chi connectivity index (χ2v) is 7.04. The van der Waals surface area contributed by atoms with E-state index in [1.54, 1.807) is 38.2 Å². The van der Waals surface area contributed by atoms with Crippen molar-refractivity contribution in [3.05, 3.63) is 57.8 Å². The maximum atomic E-state index is 12.7. The predicted octanol–water partition coefficient (Wildman–Crippen LogP) is 2.89. The summed E-state index contributed by atoms with van der Waals surface area (Å²) in [6.07, 6.45) is 1.58. The number of nitrogens with zero attached hydrogens (tertiary/aromatic N) is 2. The van der Waals surface area contributed by atoms with Crippen LogP contribution in [0.15, 0.2) is 41.4 Å². The van der Waals surface area contributed by atoms with Crippen LogP contribution in [0, 0.1) is 24.0 Å². The van der Waals surface area contributed by atoms with E-state index in [0.717, 1.165) is 11.5 Å². The van der Waals surface area contributed by atoms with Gasteiger partial charge in [0.05, 0.1) is 27.2 Å². The highest BCUT2D eigenvalue weighted by Gasteiger charge is 2.23. The van der Waals surface area contributed by atoms with E-state index < -0.39 is 14.9 Å². The van der Waals surface area contributed by atoms with Crippen LogP contribution in [0.5, 0.6) is 0 Å². The number of aryl methyl sites for hydroxylation is 1. The zero-order valence-electron chi connectivity index (χ0n) is 12.9. The number of anilines is 1. The van der Waals surface area contributed by atoms with Crippen molar-refractivity contribution in [2.45, 2.75) is 18.7 Å². The van der Waals surface area contributed by atoms with Gasteiger partial charge in [0.2, 0.25) is 0 Å². The summed E-state index contributed by atoms with van der Waals surface area (Å²) in [6.45, 7) is 3.25. The Kier molecular flexibility index (Phi) is 3.72. The maximum Gasteiger partial charge on any atom is 0.271 e. The summed E-state index contributed by atoms with van der Waals surface area (Å²) in [4.78, 5) is 10.3. The second-order valence-electron chi connectivity index (χ2n) is 5.39. The van der Waals surface area contributed by atoms with E-state index in [2.05, 4.69) is 14.9 Å². The van der Waals surface area contributed by atoms with Gasteiger partial charge in [0, 0.05) is 17.5 Å². The van der Waals surface area contributed by atoms with E-state index in [4.69, 9.17) is 0 Å². The number of fused-ring (bicyclic) bond motifs is 1. The lowest BCUT2D eigenvalue weighted by Crippen LogP contribution is -2.15. The number of hydrogen-bond donors (Lipinski definition) is 2. The van der Waals surface area contributed by atoms with Crippen LogP contribution in [0.4, 0.5) is 11.4 Å². The number of para-hydroxylation sites is 1. The second kappa shape index (κ2) is 5.60.